The number of hydrogen-bond acceptors (Lipinski definition) is 2. The summed E-state index contributed by atoms with van der Waals surface area (Å²) in [5.41, 5.74) is 7.80. The van der Waals surface area contributed by atoms with Crippen LogP contribution >= 0.6 is 0 Å². The van der Waals surface area contributed by atoms with Crippen LogP contribution in [0, 0.1) is 0 Å². The molecule has 122 valence electrons. The lowest BCUT2D eigenvalue weighted by molar-refractivity contribution is -0.127. The predicted octanol–water partition coefficient (Wildman–Crippen LogP) is 3.56. The molecule has 1 unspecified atom stereocenters. The van der Waals surface area contributed by atoms with Gasteiger partial charge >= 0.3 is 0 Å². The zero-order valence-electron chi connectivity index (χ0n) is 14.0. The number of carbonyl (C=O) groups excluding carboxylic acids is 1. The van der Waals surface area contributed by atoms with E-state index in [-0.39, 0.29) is 11.9 Å². The number of amides is 1. The number of carbonyl (C=O) groups is 1. The Morgan fingerprint density at radius 3 is 2.04 bits per heavy atom. The summed E-state index contributed by atoms with van der Waals surface area (Å²) < 4.78 is 0. The van der Waals surface area contributed by atoms with Crippen molar-refractivity contribution in [3.63, 3.8) is 0 Å². The van der Waals surface area contributed by atoms with E-state index in [2.05, 4.69) is 19.2 Å². The monoisotopic (exact) mass is 310 g/mol. The first-order valence-electron chi connectivity index (χ1n) is 8.28. The molecule has 0 radical (unpaired) electrons. The van der Waals surface area contributed by atoms with Crippen LogP contribution in [0.15, 0.2) is 60.7 Å². The summed E-state index contributed by atoms with van der Waals surface area (Å²) in [5.74, 6) is 0.0556. The first kappa shape index (κ1) is 17.2. The summed E-state index contributed by atoms with van der Waals surface area (Å²) in [6, 6.07) is 19.7. The Morgan fingerprint density at radius 2 is 1.52 bits per heavy atom. The minimum atomic E-state index is -0.488. The molecule has 2 aromatic rings. The lowest BCUT2D eigenvalue weighted by Crippen LogP contribution is -2.45. The van der Waals surface area contributed by atoms with E-state index in [4.69, 9.17) is 5.73 Å². The maximum Gasteiger partial charge on any atom is 0.230 e. The molecule has 3 nitrogen and oxygen atoms in total. The molecule has 0 aliphatic carbocycles. The highest BCUT2D eigenvalue weighted by atomic mass is 16.2. The summed E-state index contributed by atoms with van der Waals surface area (Å²) in [6.45, 7) is 4.57. The van der Waals surface area contributed by atoms with Crippen LogP contribution in [0.25, 0.3) is 0 Å². The maximum absolute atomic E-state index is 12.9. The Labute approximate surface area is 138 Å². The van der Waals surface area contributed by atoms with Crippen molar-refractivity contribution in [2.24, 2.45) is 5.73 Å². The van der Waals surface area contributed by atoms with Gasteiger partial charge in [-0.25, -0.2) is 0 Å². The van der Waals surface area contributed by atoms with E-state index in [0.29, 0.717) is 6.54 Å². The second-order valence-electron chi connectivity index (χ2n) is 5.88. The minimum absolute atomic E-state index is 0.0556. The SMILES string of the molecule is CCC(CC)(C(=O)NCC(N)c1ccccc1)c1ccccc1. The molecule has 0 aliphatic rings. The Balaban J connectivity index is 2.10. The van der Waals surface area contributed by atoms with E-state index >= 15 is 0 Å². The molecular formula is C20H26N2O. The van der Waals surface area contributed by atoms with E-state index in [1.807, 2.05) is 60.7 Å². The van der Waals surface area contributed by atoms with Crippen molar-refractivity contribution < 1.29 is 4.79 Å². The van der Waals surface area contributed by atoms with Gasteiger partial charge in [0.1, 0.15) is 0 Å². The second-order valence-corrected chi connectivity index (χ2v) is 5.88. The van der Waals surface area contributed by atoms with Crippen molar-refractivity contribution >= 4 is 5.91 Å². The van der Waals surface area contributed by atoms with Gasteiger partial charge in [-0.1, -0.05) is 74.5 Å². The molecule has 0 aromatic heterocycles. The van der Waals surface area contributed by atoms with Crippen molar-refractivity contribution in [2.75, 3.05) is 6.54 Å². The van der Waals surface area contributed by atoms with Gasteiger partial charge in [-0.3, -0.25) is 4.79 Å². The fourth-order valence-electron chi connectivity index (χ4n) is 3.06. The van der Waals surface area contributed by atoms with Crippen molar-refractivity contribution in [1.29, 1.82) is 0 Å². The largest absolute Gasteiger partial charge is 0.353 e. The molecule has 0 heterocycles. The topological polar surface area (TPSA) is 55.1 Å². The van der Waals surface area contributed by atoms with Crippen LogP contribution in [-0.4, -0.2) is 12.5 Å². The smallest absolute Gasteiger partial charge is 0.230 e. The van der Waals surface area contributed by atoms with Crippen LogP contribution in [-0.2, 0) is 10.2 Å². The highest BCUT2D eigenvalue weighted by Gasteiger charge is 2.36. The van der Waals surface area contributed by atoms with E-state index in [1.165, 1.54) is 0 Å². The van der Waals surface area contributed by atoms with Gasteiger partial charge in [-0.15, -0.1) is 0 Å². The number of rotatable bonds is 7. The molecule has 1 amide bonds. The van der Waals surface area contributed by atoms with Gasteiger partial charge in [0.05, 0.1) is 5.41 Å². The zero-order chi connectivity index (χ0) is 16.7. The van der Waals surface area contributed by atoms with Crippen molar-refractivity contribution in [3.05, 3.63) is 71.8 Å². The standard InChI is InChI=1S/C20H26N2O/c1-3-20(4-2,17-13-9-6-10-14-17)19(23)22-15-18(21)16-11-7-5-8-12-16/h5-14,18H,3-4,15,21H2,1-2H3,(H,22,23). The number of nitrogens with one attached hydrogen (secondary N) is 1. The average Bonchev–Trinajstić information content (AvgIpc) is 2.63. The summed E-state index contributed by atoms with van der Waals surface area (Å²) in [5, 5.41) is 3.06. The second kappa shape index (κ2) is 7.93. The van der Waals surface area contributed by atoms with Crippen LogP contribution in [0.5, 0.6) is 0 Å². The Kier molecular flexibility index (Phi) is 5.94. The highest BCUT2D eigenvalue weighted by molar-refractivity contribution is 5.88. The average molecular weight is 310 g/mol. The lowest BCUT2D eigenvalue weighted by Gasteiger charge is -2.31. The Bertz CT molecular complexity index is 606. The number of nitrogens with two attached hydrogens (primary N) is 1. The molecule has 1 atom stereocenters. The molecule has 0 saturated carbocycles. The van der Waals surface area contributed by atoms with Gasteiger partial charge in [0.2, 0.25) is 5.91 Å². The van der Waals surface area contributed by atoms with Gasteiger partial charge in [0.25, 0.3) is 0 Å². The summed E-state index contributed by atoms with van der Waals surface area (Å²) >= 11 is 0. The van der Waals surface area contributed by atoms with Gasteiger partial charge in [-0.05, 0) is 24.0 Å². The van der Waals surface area contributed by atoms with Crippen LogP contribution < -0.4 is 11.1 Å². The Hall–Kier alpha value is -2.13. The van der Waals surface area contributed by atoms with Crippen molar-refractivity contribution in [1.82, 2.24) is 5.32 Å². The van der Waals surface area contributed by atoms with Gasteiger partial charge in [0.15, 0.2) is 0 Å². The molecule has 0 bridgehead atoms. The first-order valence-corrected chi connectivity index (χ1v) is 8.28. The molecule has 2 aromatic carbocycles. The first-order chi connectivity index (χ1) is 11.1. The molecule has 0 saturated heterocycles. The summed E-state index contributed by atoms with van der Waals surface area (Å²) in [7, 11) is 0. The van der Waals surface area contributed by atoms with Crippen LogP contribution in [0.4, 0.5) is 0 Å². The van der Waals surface area contributed by atoms with E-state index in [1.54, 1.807) is 0 Å². The van der Waals surface area contributed by atoms with Crippen molar-refractivity contribution in [3.8, 4) is 0 Å². The highest BCUT2D eigenvalue weighted by Crippen LogP contribution is 2.32. The minimum Gasteiger partial charge on any atom is -0.353 e. The Morgan fingerprint density at radius 1 is 1.00 bits per heavy atom. The number of hydrogen-bond donors (Lipinski definition) is 2. The zero-order valence-corrected chi connectivity index (χ0v) is 14.0. The van der Waals surface area contributed by atoms with E-state index < -0.39 is 5.41 Å². The molecule has 0 fully saturated rings. The normalized spacial score (nSPS) is 12.7. The third-order valence-corrected chi connectivity index (χ3v) is 4.68. The van der Waals surface area contributed by atoms with Gasteiger partial charge < -0.3 is 11.1 Å². The van der Waals surface area contributed by atoms with Crippen molar-refractivity contribution in [2.45, 2.75) is 38.1 Å². The van der Waals surface area contributed by atoms with Gasteiger partial charge in [-0.2, -0.15) is 0 Å². The maximum atomic E-state index is 12.9. The molecule has 3 heteroatoms. The third kappa shape index (κ3) is 3.80. The van der Waals surface area contributed by atoms with Crippen LogP contribution in [0.3, 0.4) is 0 Å². The van der Waals surface area contributed by atoms with Crippen LogP contribution in [0.2, 0.25) is 0 Å². The fourth-order valence-corrected chi connectivity index (χ4v) is 3.06. The lowest BCUT2D eigenvalue weighted by atomic mass is 9.75. The summed E-state index contributed by atoms with van der Waals surface area (Å²) in [4.78, 5) is 12.9. The van der Waals surface area contributed by atoms with E-state index in [9.17, 15) is 4.79 Å². The predicted molar refractivity (Wildman–Crippen MR) is 95.1 cm³/mol. The summed E-state index contributed by atoms with van der Waals surface area (Å²) in [6.07, 6.45) is 1.53. The molecule has 3 N–H and O–H groups in total. The van der Waals surface area contributed by atoms with Crippen LogP contribution in [0.1, 0.15) is 43.9 Å². The number of benzene rings is 2. The third-order valence-electron chi connectivity index (χ3n) is 4.68. The molecule has 0 aliphatic heterocycles. The van der Waals surface area contributed by atoms with Gasteiger partial charge in [0, 0.05) is 12.6 Å². The molecular weight excluding hydrogens is 284 g/mol. The molecule has 0 spiro atoms. The molecule has 2 rings (SSSR count). The fraction of sp³-hybridized carbons (Fsp3) is 0.350. The molecule has 23 heavy (non-hydrogen) atoms. The quantitative estimate of drug-likeness (QED) is 0.821. The van der Waals surface area contributed by atoms with E-state index in [0.717, 1.165) is 24.0 Å².